The molecular formula is C14H22ClN3OS. The van der Waals surface area contributed by atoms with Crippen molar-refractivity contribution in [3.05, 3.63) is 28.8 Å². The molecule has 2 atom stereocenters. The minimum absolute atomic E-state index is 0.181. The molecule has 6 heteroatoms. The first kappa shape index (κ1) is 15.9. The first-order valence-corrected chi connectivity index (χ1v) is 8.25. The second-order valence-electron chi connectivity index (χ2n) is 5.06. The molecule has 112 valence electrons. The van der Waals surface area contributed by atoms with Crippen LogP contribution in [0.25, 0.3) is 0 Å². The van der Waals surface area contributed by atoms with Crippen molar-refractivity contribution in [3.63, 3.8) is 0 Å². The molecule has 0 bridgehead atoms. The van der Waals surface area contributed by atoms with E-state index in [1.807, 2.05) is 30.0 Å². The van der Waals surface area contributed by atoms with Crippen LogP contribution in [0, 0.1) is 0 Å². The lowest BCUT2D eigenvalue weighted by atomic mass is 9.99. The summed E-state index contributed by atoms with van der Waals surface area (Å²) < 4.78 is 5.41. The Morgan fingerprint density at radius 1 is 1.60 bits per heavy atom. The van der Waals surface area contributed by atoms with Crippen LogP contribution < -0.4 is 16.0 Å². The van der Waals surface area contributed by atoms with E-state index in [2.05, 4.69) is 17.4 Å². The minimum atomic E-state index is 0.181. The molecule has 0 saturated carbocycles. The van der Waals surface area contributed by atoms with Gasteiger partial charge in [-0.3, -0.25) is 11.3 Å². The molecule has 0 radical (unpaired) electrons. The van der Waals surface area contributed by atoms with Gasteiger partial charge in [-0.05, 0) is 37.2 Å². The molecule has 3 N–H and O–H groups in total. The van der Waals surface area contributed by atoms with E-state index in [0.29, 0.717) is 6.04 Å². The Morgan fingerprint density at radius 2 is 2.40 bits per heavy atom. The van der Waals surface area contributed by atoms with Gasteiger partial charge in [0.05, 0.1) is 7.11 Å². The molecular weight excluding hydrogens is 294 g/mol. The molecule has 1 aliphatic rings. The molecule has 1 aromatic carbocycles. The molecule has 1 aromatic rings. The average Bonchev–Trinajstić information content (AvgIpc) is 2.46. The fourth-order valence-electron chi connectivity index (χ4n) is 2.58. The first-order valence-electron chi connectivity index (χ1n) is 6.72. The normalized spacial score (nSPS) is 21.7. The third kappa shape index (κ3) is 3.80. The van der Waals surface area contributed by atoms with Crippen LogP contribution in [-0.2, 0) is 6.42 Å². The van der Waals surface area contributed by atoms with Gasteiger partial charge in [-0.1, -0.05) is 11.6 Å². The van der Waals surface area contributed by atoms with Crippen molar-refractivity contribution >= 4 is 23.4 Å². The van der Waals surface area contributed by atoms with Crippen LogP contribution >= 0.6 is 23.4 Å². The first-order chi connectivity index (χ1) is 9.65. The second-order valence-corrected chi connectivity index (χ2v) is 6.64. The highest BCUT2D eigenvalue weighted by molar-refractivity contribution is 7.99. The molecule has 0 aliphatic carbocycles. The predicted octanol–water partition coefficient (Wildman–Crippen LogP) is 1.77. The third-order valence-electron chi connectivity index (χ3n) is 3.80. The van der Waals surface area contributed by atoms with Gasteiger partial charge in [-0.15, -0.1) is 0 Å². The number of halogens is 1. The van der Waals surface area contributed by atoms with Gasteiger partial charge in [-0.2, -0.15) is 11.8 Å². The van der Waals surface area contributed by atoms with Crippen LogP contribution in [0.4, 0.5) is 0 Å². The van der Waals surface area contributed by atoms with Crippen LogP contribution in [0.5, 0.6) is 5.75 Å². The SMILES string of the molecule is COc1ccc(Cl)cc1CC(NN)C1CSCCN1C. The Labute approximate surface area is 130 Å². The molecule has 2 rings (SSSR count). The van der Waals surface area contributed by atoms with E-state index in [1.54, 1.807) is 7.11 Å². The molecule has 1 heterocycles. The highest BCUT2D eigenvalue weighted by Crippen LogP contribution is 2.26. The molecule has 0 aromatic heterocycles. The quantitative estimate of drug-likeness (QED) is 0.640. The number of benzene rings is 1. The number of rotatable bonds is 5. The number of hydrazine groups is 1. The van der Waals surface area contributed by atoms with Crippen molar-refractivity contribution in [2.24, 2.45) is 5.84 Å². The van der Waals surface area contributed by atoms with Gasteiger partial charge in [0.2, 0.25) is 0 Å². The highest BCUT2D eigenvalue weighted by atomic mass is 35.5. The Hall–Kier alpha value is -0.460. The van der Waals surface area contributed by atoms with E-state index in [-0.39, 0.29) is 6.04 Å². The monoisotopic (exact) mass is 315 g/mol. The largest absolute Gasteiger partial charge is 0.496 e. The minimum Gasteiger partial charge on any atom is -0.496 e. The topological polar surface area (TPSA) is 50.5 Å². The fourth-order valence-corrected chi connectivity index (χ4v) is 4.09. The van der Waals surface area contributed by atoms with Gasteiger partial charge >= 0.3 is 0 Å². The molecule has 4 nitrogen and oxygen atoms in total. The van der Waals surface area contributed by atoms with E-state index in [4.69, 9.17) is 22.2 Å². The third-order valence-corrected chi connectivity index (χ3v) is 5.09. The highest BCUT2D eigenvalue weighted by Gasteiger charge is 2.28. The number of nitrogens with one attached hydrogen (secondary N) is 1. The van der Waals surface area contributed by atoms with E-state index >= 15 is 0 Å². The lowest BCUT2D eigenvalue weighted by Gasteiger charge is -2.37. The zero-order chi connectivity index (χ0) is 14.5. The van der Waals surface area contributed by atoms with Crippen molar-refractivity contribution in [1.29, 1.82) is 0 Å². The van der Waals surface area contributed by atoms with Gasteiger partial charge < -0.3 is 9.64 Å². The number of hydrogen-bond acceptors (Lipinski definition) is 5. The number of nitrogens with zero attached hydrogens (tertiary/aromatic N) is 1. The molecule has 0 amide bonds. The summed E-state index contributed by atoms with van der Waals surface area (Å²) in [5.41, 5.74) is 4.06. The van der Waals surface area contributed by atoms with Crippen LogP contribution in [0.1, 0.15) is 5.56 Å². The number of ether oxygens (including phenoxy) is 1. The fraction of sp³-hybridized carbons (Fsp3) is 0.571. The van der Waals surface area contributed by atoms with Gasteiger partial charge in [0, 0.05) is 35.2 Å². The molecule has 20 heavy (non-hydrogen) atoms. The summed E-state index contributed by atoms with van der Waals surface area (Å²) in [6.45, 7) is 1.10. The molecule has 1 saturated heterocycles. The van der Waals surface area contributed by atoms with Crippen molar-refractivity contribution in [3.8, 4) is 5.75 Å². The molecule has 2 unspecified atom stereocenters. The van der Waals surface area contributed by atoms with E-state index in [1.165, 1.54) is 5.75 Å². The van der Waals surface area contributed by atoms with E-state index < -0.39 is 0 Å². The maximum atomic E-state index is 6.09. The van der Waals surface area contributed by atoms with Crippen LogP contribution in [0.3, 0.4) is 0 Å². The molecule has 1 fully saturated rings. The zero-order valence-electron chi connectivity index (χ0n) is 11.9. The Morgan fingerprint density at radius 3 is 3.05 bits per heavy atom. The average molecular weight is 316 g/mol. The van der Waals surface area contributed by atoms with E-state index in [9.17, 15) is 0 Å². The summed E-state index contributed by atoms with van der Waals surface area (Å²) in [6.07, 6.45) is 0.801. The lowest BCUT2D eigenvalue weighted by molar-refractivity contribution is 0.213. The van der Waals surface area contributed by atoms with Crippen LogP contribution in [0.15, 0.2) is 18.2 Å². The predicted molar refractivity (Wildman–Crippen MR) is 86.6 cm³/mol. The smallest absolute Gasteiger partial charge is 0.122 e. The van der Waals surface area contributed by atoms with Crippen molar-refractivity contribution in [2.75, 3.05) is 32.2 Å². The summed E-state index contributed by atoms with van der Waals surface area (Å²) in [5.74, 6) is 8.92. The number of methoxy groups -OCH3 is 1. The van der Waals surface area contributed by atoms with Gasteiger partial charge in [0.25, 0.3) is 0 Å². The molecule has 0 spiro atoms. The zero-order valence-corrected chi connectivity index (χ0v) is 13.5. The van der Waals surface area contributed by atoms with E-state index in [0.717, 1.165) is 35.1 Å². The maximum absolute atomic E-state index is 6.09. The van der Waals surface area contributed by atoms with Gasteiger partial charge in [0.15, 0.2) is 0 Å². The Kier molecular flexibility index (Phi) is 5.99. The Balaban J connectivity index is 2.15. The summed E-state index contributed by atoms with van der Waals surface area (Å²) in [4.78, 5) is 2.37. The standard InChI is InChI=1S/C14H22ClN3OS/c1-18-5-6-20-9-13(18)12(17-16)8-10-7-11(15)3-4-14(10)19-2/h3-4,7,12-13,17H,5-6,8-9,16H2,1-2H3. The second kappa shape index (κ2) is 7.52. The number of nitrogens with two attached hydrogens (primary N) is 1. The Bertz CT molecular complexity index is 446. The van der Waals surface area contributed by atoms with Crippen molar-refractivity contribution in [1.82, 2.24) is 10.3 Å². The molecule has 1 aliphatic heterocycles. The van der Waals surface area contributed by atoms with Gasteiger partial charge in [0.1, 0.15) is 5.75 Å². The van der Waals surface area contributed by atoms with Crippen molar-refractivity contribution < 1.29 is 4.74 Å². The number of hydrogen-bond donors (Lipinski definition) is 2. The van der Waals surface area contributed by atoms with Crippen LogP contribution in [0.2, 0.25) is 5.02 Å². The summed E-state index contributed by atoms with van der Waals surface area (Å²) in [7, 11) is 3.84. The number of likely N-dealkylation sites (N-methyl/N-ethyl adjacent to an activating group) is 1. The summed E-state index contributed by atoms with van der Waals surface area (Å²) in [6, 6.07) is 6.31. The summed E-state index contributed by atoms with van der Waals surface area (Å²) >= 11 is 8.07. The number of thioether (sulfide) groups is 1. The van der Waals surface area contributed by atoms with Gasteiger partial charge in [-0.25, -0.2) is 0 Å². The van der Waals surface area contributed by atoms with Crippen molar-refractivity contribution in [2.45, 2.75) is 18.5 Å². The lowest BCUT2D eigenvalue weighted by Crippen LogP contribution is -2.55. The maximum Gasteiger partial charge on any atom is 0.122 e. The summed E-state index contributed by atoms with van der Waals surface area (Å²) in [5, 5.41) is 0.725. The van der Waals surface area contributed by atoms with Crippen LogP contribution in [-0.4, -0.2) is 49.2 Å².